The third-order valence-electron chi connectivity index (χ3n) is 6.62. The molecule has 1 fully saturated rings. The van der Waals surface area contributed by atoms with E-state index in [0.29, 0.717) is 11.1 Å². The number of methoxy groups -OCH3 is 1. The number of ether oxygens (including phenoxy) is 2. The molecule has 2 heterocycles. The number of aromatic nitrogens is 1. The molecule has 8 nitrogen and oxygen atoms in total. The first-order chi connectivity index (χ1) is 17.9. The Morgan fingerprint density at radius 3 is 2.46 bits per heavy atom. The average molecular weight is 568 g/mol. The zero-order valence-corrected chi connectivity index (χ0v) is 22.5. The van der Waals surface area contributed by atoms with Gasteiger partial charge in [-0.3, -0.25) is 19.8 Å². The van der Waals surface area contributed by atoms with E-state index in [1.54, 1.807) is 19.1 Å². The Kier molecular flexibility index (Phi) is 8.97. The zero-order valence-electron chi connectivity index (χ0n) is 21.7. The minimum Gasteiger partial charge on any atom is -0.468 e. The molecule has 0 saturated carbocycles. The number of aromatic amines is 1. The van der Waals surface area contributed by atoms with Gasteiger partial charge in [0, 0.05) is 28.4 Å². The molecular weight excluding hydrogens is 539 g/mol. The number of hydrogen-bond acceptors (Lipinski definition) is 6. The number of nitrogens with zero attached hydrogens (tertiary/aromatic N) is 1. The second kappa shape index (κ2) is 11.7. The molecule has 1 amide bonds. The van der Waals surface area contributed by atoms with E-state index in [4.69, 9.17) is 9.47 Å². The number of fused-ring (bicyclic) bond motifs is 1. The number of alkyl halides is 3. The summed E-state index contributed by atoms with van der Waals surface area (Å²) in [6, 6.07) is 10.2. The van der Waals surface area contributed by atoms with E-state index in [1.807, 2.05) is 13.8 Å². The molecule has 39 heavy (non-hydrogen) atoms. The summed E-state index contributed by atoms with van der Waals surface area (Å²) < 4.78 is 50.9. The Bertz CT molecular complexity index is 1430. The Morgan fingerprint density at radius 1 is 1.13 bits per heavy atom. The van der Waals surface area contributed by atoms with Crippen LogP contribution in [0.25, 0.3) is 22.0 Å². The van der Waals surface area contributed by atoms with Crippen molar-refractivity contribution in [1.82, 2.24) is 10.3 Å². The van der Waals surface area contributed by atoms with Gasteiger partial charge in [-0.25, -0.2) is 4.79 Å². The lowest BCUT2D eigenvalue weighted by atomic mass is 10.0. The lowest BCUT2D eigenvalue weighted by Crippen LogP contribution is -2.51. The summed E-state index contributed by atoms with van der Waals surface area (Å²) in [6.45, 7) is 5.70. The summed E-state index contributed by atoms with van der Waals surface area (Å²) >= 11 is 0. The van der Waals surface area contributed by atoms with Gasteiger partial charge in [0.2, 0.25) is 0 Å². The number of benzene rings is 2. The smallest absolute Gasteiger partial charge is 0.417 e. The second-order valence-electron chi connectivity index (χ2n) is 9.56. The van der Waals surface area contributed by atoms with Crippen molar-refractivity contribution in [2.75, 3.05) is 18.6 Å². The molecule has 1 aliphatic rings. The van der Waals surface area contributed by atoms with Gasteiger partial charge >= 0.3 is 18.2 Å². The Balaban J connectivity index is 0.00000420. The fourth-order valence-corrected chi connectivity index (χ4v) is 4.53. The standard InChI is InChI=1S/C27H28F3N3O5.ClH/c1-14(2)23(25(35)37-4)31-15(3)22-13-33(26(36)38-22)17-10-9-16-11-21(32-24(34)19(16)12-17)18-7-5-6-8-20(18)27(28,29)30;/h5-12,14-15,22-23,31H,13H2,1-4H3,(H,32,34);1H. The first kappa shape index (κ1) is 30.0. The van der Waals surface area contributed by atoms with Gasteiger partial charge in [0.1, 0.15) is 12.1 Å². The van der Waals surface area contributed by atoms with Crippen LogP contribution in [0.5, 0.6) is 0 Å². The van der Waals surface area contributed by atoms with E-state index in [9.17, 15) is 27.6 Å². The Labute approximate surface area is 228 Å². The lowest BCUT2D eigenvalue weighted by molar-refractivity contribution is -0.144. The highest BCUT2D eigenvalue weighted by Crippen LogP contribution is 2.37. The highest BCUT2D eigenvalue weighted by molar-refractivity contribution is 5.95. The zero-order chi connectivity index (χ0) is 27.8. The van der Waals surface area contributed by atoms with Gasteiger partial charge < -0.3 is 14.5 Å². The number of anilines is 1. The molecule has 2 aromatic carbocycles. The Morgan fingerprint density at radius 2 is 1.82 bits per heavy atom. The van der Waals surface area contributed by atoms with Crippen LogP contribution in [0.15, 0.2) is 53.3 Å². The van der Waals surface area contributed by atoms with Crippen LogP contribution in [0.4, 0.5) is 23.7 Å². The van der Waals surface area contributed by atoms with Crippen LogP contribution in [0.3, 0.4) is 0 Å². The van der Waals surface area contributed by atoms with E-state index in [2.05, 4.69) is 10.3 Å². The number of esters is 1. The van der Waals surface area contributed by atoms with Crippen LogP contribution >= 0.6 is 12.4 Å². The Hall–Kier alpha value is -3.57. The molecule has 12 heteroatoms. The van der Waals surface area contributed by atoms with E-state index in [1.165, 1.54) is 42.3 Å². The highest BCUT2D eigenvalue weighted by Gasteiger charge is 2.38. The maximum Gasteiger partial charge on any atom is 0.417 e. The topological polar surface area (TPSA) is 101 Å². The SMILES string of the molecule is COC(=O)C(NC(C)C1CN(c2ccc3cc(-c4ccccc4C(F)(F)F)[nH]c(=O)c3c2)C(=O)O1)C(C)C.Cl. The van der Waals surface area contributed by atoms with E-state index in [-0.39, 0.29) is 47.6 Å². The van der Waals surface area contributed by atoms with Crippen LogP contribution in [-0.2, 0) is 20.4 Å². The van der Waals surface area contributed by atoms with Crippen LogP contribution in [0, 0.1) is 5.92 Å². The minimum atomic E-state index is -4.59. The van der Waals surface area contributed by atoms with Crippen molar-refractivity contribution in [2.24, 2.45) is 5.92 Å². The summed E-state index contributed by atoms with van der Waals surface area (Å²) in [5.74, 6) is -0.475. The van der Waals surface area contributed by atoms with Crippen LogP contribution in [-0.4, -0.2) is 48.9 Å². The van der Waals surface area contributed by atoms with Gasteiger partial charge in [-0.1, -0.05) is 38.1 Å². The molecule has 4 rings (SSSR count). The van der Waals surface area contributed by atoms with Gasteiger partial charge in [-0.15, -0.1) is 12.4 Å². The van der Waals surface area contributed by atoms with Crippen LogP contribution in [0.1, 0.15) is 26.3 Å². The van der Waals surface area contributed by atoms with Gasteiger partial charge in [0.15, 0.2) is 0 Å². The number of carbonyl (C=O) groups excluding carboxylic acids is 2. The van der Waals surface area contributed by atoms with Crippen molar-refractivity contribution < 1.29 is 32.2 Å². The minimum absolute atomic E-state index is 0. The maximum absolute atomic E-state index is 13.5. The summed E-state index contributed by atoms with van der Waals surface area (Å²) in [6.07, 6.45) is -5.78. The predicted molar refractivity (Wildman–Crippen MR) is 143 cm³/mol. The summed E-state index contributed by atoms with van der Waals surface area (Å²) in [5.41, 5.74) is -1.14. The molecule has 0 bridgehead atoms. The number of H-pyrrole nitrogens is 1. The summed E-state index contributed by atoms with van der Waals surface area (Å²) in [4.78, 5) is 41.6. The van der Waals surface area contributed by atoms with Gasteiger partial charge in [-0.05, 0) is 42.5 Å². The lowest BCUT2D eigenvalue weighted by Gasteiger charge is -2.26. The number of hydrogen-bond donors (Lipinski definition) is 2. The van der Waals surface area contributed by atoms with Crippen molar-refractivity contribution in [3.05, 3.63) is 64.4 Å². The molecular formula is C27H29ClF3N3O5. The molecule has 0 aliphatic carbocycles. The number of nitrogens with one attached hydrogen (secondary N) is 2. The van der Waals surface area contributed by atoms with Crippen molar-refractivity contribution >= 4 is 40.9 Å². The third kappa shape index (κ3) is 6.20. The largest absolute Gasteiger partial charge is 0.468 e. The van der Waals surface area contributed by atoms with E-state index in [0.717, 1.165) is 6.07 Å². The van der Waals surface area contributed by atoms with Crippen LogP contribution in [0.2, 0.25) is 0 Å². The number of halogens is 4. The highest BCUT2D eigenvalue weighted by atomic mass is 35.5. The quantitative estimate of drug-likeness (QED) is 0.384. The third-order valence-corrected chi connectivity index (χ3v) is 6.62. The van der Waals surface area contributed by atoms with Gasteiger partial charge in [-0.2, -0.15) is 13.2 Å². The van der Waals surface area contributed by atoms with Crippen molar-refractivity contribution in [3.63, 3.8) is 0 Å². The molecule has 0 radical (unpaired) electrons. The predicted octanol–water partition coefficient (Wildman–Crippen LogP) is 5.14. The number of amides is 1. The van der Waals surface area contributed by atoms with E-state index < -0.39 is 41.5 Å². The molecule has 3 unspecified atom stereocenters. The monoisotopic (exact) mass is 567 g/mol. The molecule has 1 saturated heterocycles. The number of pyridine rings is 1. The molecule has 3 atom stereocenters. The normalized spacial score (nSPS) is 17.1. The first-order valence-corrected chi connectivity index (χ1v) is 12.1. The maximum atomic E-state index is 13.5. The fourth-order valence-electron chi connectivity index (χ4n) is 4.53. The van der Waals surface area contributed by atoms with Crippen molar-refractivity contribution in [3.8, 4) is 11.3 Å². The molecule has 210 valence electrons. The summed E-state index contributed by atoms with van der Waals surface area (Å²) in [7, 11) is 1.31. The second-order valence-corrected chi connectivity index (χ2v) is 9.56. The van der Waals surface area contributed by atoms with Crippen LogP contribution < -0.4 is 15.8 Å². The number of cyclic esters (lactones) is 1. The van der Waals surface area contributed by atoms with Gasteiger partial charge in [0.25, 0.3) is 5.56 Å². The molecule has 1 aromatic heterocycles. The van der Waals surface area contributed by atoms with Gasteiger partial charge in [0.05, 0.1) is 19.2 Å². The molecule has 0 spiro atoms. The van der Waals surface area contributed by atoms with Crippen molar-refractivity contribution in [2.45, 2.75) is 45.1 Å². The molecule has 2 N–H and O–H groups in total. The number of carbonyl (C=O) groups is 2. The summed E-state index contributed by atoms with van der Waals surface area (Å²) in [5, 5.41) is 3.79. The average Bonchev–Trinajstić information content (AvgIpc) is 3.27. The fraction of sp³-hybridized carbons (Fsp3) is 0.370. The first-order valence-electron chi connectivity index (χ1n) is 12.1. The molecule has 3 aromatic rings. The van der Waals surface area contributed by atoms with E-state index >= 15 is 0 Å². The number of rotatable bonds is 7. The molecule has 1 aliphatic heterocycles. The van der Waals surface area contributed by atoms with Crippen molar-refractivity contribution in [1.29, 1.82) is 0 Å².